The van der Waals surface area contributed by atoms with Crippen LogP contribution in [-0.2, 0) is 16.1 Å². The molecule has 0 unspecified atom stereocenters. The zero-order valence-corrected chi connectivity index (χ0v) is 13.1. The Hall–Kier alpha value is -2.13. The lowest BCUT2D eigenvalue weighted by Gasteiger charge is -2.08. The number of rotatable bonds is 10. The summed E-state index contributed by atoms with van der Waals surface area (Å²) >= 11 is 0. The Morgan fingerprint density at radius 1 is 1.23 bits per heavy atom. The van der Waals surface area contributed by atoms with Crippen molar-refractivity contribution < 1.29 is 14.3 Å². The van der Waals surface area contributed by atoms with Gasteiger partial charge in [0.15, 0.2) is 0 Å². The van der Waals surface area contributed by atoms with E-state index in [1.165, 1.54) is 31.8 Å². The van der Waals surface area contributed by atoms with Crippen LogP contribution in [0.1, 0.15) is 51.0 Å². The topological polar surface area (TPSA) is 67.8 Å². The zero-order chi connectivity index (χ0) is 16.0. The maximum atomic E-state index is 11.7. The Morgan fingerprint density at radius 2 is 2.00 bits per heavy atom. The molecule has 0 fully saturated rings. The molecule has 1 N–H and O–H groups in total. The Balaban J connectivity index is 2.23. The number of hydrogen-bond acceptors (Lipinski definition) is 4. The van der Waals surface area contributed by atoms with Crippen LogP contribution in [0.25, 0.3) is 0 Å². The Morgan fingerprint density at radius 3 is 2.77 bits per heavy atom. The van der Waals surface area contributed by atoms with E-state index in [2.05, 4.69) is 17.2 Å². The predicted octanol–water partition coefficient (Wildman–Crippen LogP) is 4.43. The molecule has 0 aliphatic carbocycles. The van der Waals surface area contributed by atoms with Gasteiger partial charge in [0.1, 0.15) is 0 Å². The number of nitrogens with one attached hydrogen (secondary N) is 1. The zero-order valence-electron chi connectivity index (χ0n) is 13.1. The highest BCUT2D eigenvalue weighted by Crippen LogP contribution is 2.12. The lowest BCUT2D eigenvalue weighted by molar-refractivity contribution is 0.159. The first kappa shape index (κ1) is 17.9. The number of isocyanates is 1. The fraction of sp³-hybridized carbons (Fsp3) is 0.529. The lowest BCUT2D eigenvalue weighted by atomic mass is 10.1. The van der Waals surface area contributed by atoms with E-state index in [-0.39, 0.29) is 6.54 Å². The van der Waals surface area contributed by atoms with Gasteiger partial charge in [0.25, 0.3) is 0 Å². The van der Waals surface area contributed by atoms with Crippen LogP contribution in [-0.4, -0.2) is 18.8 Å². The molecule has 1 rings (SSSR count). The molecule has 0 aliphatic heterocycles. The van der Waals surface area contributed by atoms with E-state index in [0.717, 1.165) is 18.4 Å². The number of aliphatic imine (C=N–C) groups is 1. The van der Waals surface area contributed by atoms with E-state index in [9.17, 15) is 9.59 Å². The molecule has 0 heterocycles. The molecule has 0 aliphatic rings. The molecule has 0 spiro atoms. The fourth-order valence-corrected chi connectivity index (χ4v) is 2.07. The summed E-state index contributed by atoms with van der Waals surface area (Å²) in [6.45, 7) is 2.88. The van der Waals surface area contributed by atoms with E-state index in [1.807, 2.05) is 6.07 Å². The van der Waals surface area contributed by atoms with Gasteiger partial charge < -0.3 is 4.74 Å². The van der Waals surface area contributed by atoms with Crippen LogP contribution >= 0.6 is 0 Å². The van der Waals surface area contributed by atoms with Crippen molar-refractivity contribution >= 4 is 17.9 Å². The molecule has 5 nitrogen and oxygen atoms in total. The van der Waals surface area contributed by atoms with Gasteiger partial charge in [0.2, 0.25) is 6.08 Å². The van der Waals surface area contributed by atoms with Crippen LogP contribution in [0.15, 0.2) is 29.3 Å². The normalized spacial score (nSPS) is 9.86. The second kappa shape index (κ2) is 11.5. The van der Waals surface area contributed by atoms with Gasteiger partial charge in [-0.25, -0.2) is 14.6 Å². The highest BCUT2D eigenvalue weighted by atomic mass is 16.5. The van der Waals surface area contributed by atoms with Crippen LogP contribution in [0.5, 0.6) is 0 Å². The molecular formula is C17H24N2O3. The Kier molecular flexibility index (Phi) is 9.38. The van der Waals surface area contributed by atoms with Gasteiger partial charge in [-0.2, -0.15) is 0 Å². The molecule has 1 aromatic carbocycles. The third-order valence-corrected chi connectivity index (χ3v) is 3.23. The van der Waals surface area contributed by atoms with Crippen molar-refractivity contribution in [1.82, 2.24) is 0 Å². The number of unbranched alkanes of at least 4 members (excludes halogenated alkanes) is 5. The van der Waals surface area contributed by atoms with Crippen LogP contribution in [0.3, 0.4) is 0 Å². The average molecular weight is 304 g/mol. The summed E-state index contributed by atoms with van der Waals surface area (Å²) in [5, 5.41) is 2.67. The smallest absolute Gasteiger partial charge is 0.411 e. The van der Waals surface area contributed by atoms with Crippen molar-refractivity contribution in [3.05, 3.63) is 29.8 Å². The molecular weight excluding hydrogens is 280 g/mol. The van der Waals surface area contributed by atoms with Crippen molar-refractivity contribution in [3.8, 4) is 0 Å². The maximum absolute atomic E-state index is 11.7. The van der Waals surface area contributed by atoms with Gasteiger partial charge in [0.05, 0.1) is 13.2 Å². The number of carbonyl (C=O) groups is 1. The summed E-state index contributed by atoms with van der Waals surface area (Å²) in [7, 11) is 0. The minimum atomic E-state index is -0.454. The molecule has 1 amide bonds. The highest BCUT2D eigenvalue weighted by Gasteiger charge is 2.03. The lowest BCUT2D eigenvalue weighted by Crippen LogP contribution is -2.14. The fourth-order valence-electron chi connectivity index (χ4n) is 2.07. The molecule has 22 heavy (non-hydrogen) atoms. The number of carbonyl (C=O) groups excluding carboxylic acids is 2. The van der Waals surface area contributed by atoms with Gasteiger partial charge in [0, 0.05) is 5.69 Å². The van der Waals surface area contributed by atoms with E-state index >= 15 is 0 Å². The van der Waals surface area contributed by atoms with Crippen LogP contribution < -0.4 is 5.32 Å². The van der Waals surface area contributed by atoms with Crippen molar-refractivity contribution in [3.63, 3.8) is 0 Å². The summed E-state index contributed by atoms with van der Waals surface area (Å²) in [4.78, 5) is 25.2. The summed E-state index contributed by atoms with van der Waals surface area (Å²) in [5.74, 6) is 0. The van der Waals surface area contributed by atoms with E-state index in [4.69, 9.17) is 4.74 Å². The second-order valence-electron chi connectivity index (χ2n) is 5.14. The first-order chi connectivity index (χ1) is 10.8. The molecule has 0 saturated heterocycles. The van der Waals surface area contributed by atoms with Gasteiger partial charge >= 0.3 is 6.09 Å². The van der Waals surface area contributed by atoms with Crippen LogP contribution in [0.2, 0.25) is 0 Å². The number of anilines is 1. The number of hydrogen-bond donors (Lipinski definition) is 1. The van der Waals surface area contributed by atoms with Crippen molar-refractivity contribution in [2.24, 2.45) is 4.99 Å². The Bertz CT molecular complexity index is 496. The van der Waals surface area contributed by atoms with Gasteiger partial charge in [-0.15, -0.1) is 0 Å². The molecule has 0 saturated carbocycles. The largest absolute Gasteiger partial charge is 0.449 e. The number of benzene rings is 1. The quantitative estimate of drug-likeness (QED) is 0.395. The number of amides is 1. The van der Waals surface area contributed by atoms with Crippen molar-refractivity contribution in [2.75, 3.05) is 11.9 Å². The van der Waals surface area contributed by atoms with Gasteiger partial charge in [-0.05, 0) is 24.1 Å². The van der Waals surface area contributed by atoms with E-state index < -0.39 is 6.09 Å². The van der Waals surface area contributed by atoms with Crippen molar-refractivity contribution in [2.45, 2.75) is 52.0 Å². The molecule has 5 heteroatoms. The summed E-state index contributed by atoms with van der Waals surface area (Å²) < 4.78 is 5.14. The molecule has 0 radical (unpaired) electrons. The average Bonchev–Trinajstić information content (AvgIpc) is 2.52. The minimum Gasteiger partial charge on any atom is -0.449 e. The predicted molar refractivity (Wildman–Crippen MR) is 86.6 cm³/mol. The number of nitrogens with zero attached hydrogens (tertiary/aromatic N) is 1. The van der Waals surface area contributed by atoms with Crippen LogP contribution in [0.4, 0.5) is 10.5 Å². The van der Waals surface area contributed by atoms with E-state index in [0.29, 0.717) is 12.3 Å². The monoisotopic (exact) mass is 304 g/mol. The molecule has 0 atom stereocenters. The molecule has 0 bridgehead atoms. The summed E-state index contributed by atoms with van der Waals surface area (Å²) in [6, 6.07) is 7.14. The first-order valence-corrected chi connectivity index (χ1v) is 7.82. The summed E-state index contributed by atoms with van der Waals surface area (Å²) in [5.41, 5.74) is 1.46. The SMILES string of the molecule is CCCCCCCCOC(=O)Nc1cccc(CN=C=O)c1. The first-order valence-electron chi connectivity index (χ1n) is 7.82. The second-order valence-corrected chi connectivity index (χ2v) is 5.14. The maximum Gasteiger partial charge on any atom is 0.411 e. The summed E-state index contributed by atoms with van der Waals surface area (Å²) in [6.07, 6.45) is 7.96. The van der Waals surface area contributed by atoms with Gasteiger partial charge in [-0.3, -0.25) is 5.32 Å². The molecule has 0 aromatic heterocycles. The third-order valence-electron chi connectivity index (χ3n) is 3.23. The highest BCUT2D eigenvalue weighted by molar-refractivity contribution is 5.84. The van der Waals surface area contributed by atoms with Crippen LogP contribution in [0, 0.1) is 0 Å². The van der Waals surface area contributed by atoms with E-state index in [1.54, 1.807) is 18.2 Å². The third kappa shape index (κ3) is 8.22. The minimum absolute atomic E-state index is 0.256. The standard InChI is InChI=1S/C17H24N2O3/c1-2-3-4-5-6-7-11-22-17(21)19-16-10-8-9-15(12-16)13-18-14-20/h8-10,12H,2-7,11,13H2,1H3,(H,19,21). The van der Waals surface area contributed by atoms with Gasteiger partial charge in [-0.1, -0.05) is 51.2 Å². The Labute approximate surface area is 131 Å². The molecule has 1 aromatic rings. The van der Waals surface area contributed by atoms with Crippen molar-refractivity contribution in [1.29, 1.82) is 0 Å². The number of ether oxygens (including phenoxy) is 1. The molecule has 120 valence electrons.